The molecular formula is C16H18N2O3. The van der Waals surface area contributed by atoms with Gasteiger partial charge in [-0.2, -0.15) is 0 Å². The molecule has 0 unspecified atom stereocenters. The molecule has 2 rings (SSSR count). The first-order chi connectivity index (χ1) is 10.1. The number of hydrogen-bond acceptors (Lipinski definition) is 4. The number of phenolic OH excluding ortho intramolecular Hbond substituents is 1. The molecule has 0 fully saturated rings. The molecule has 5 nitrogen and oxygen atoms in total. The SMILES string of the molecule is COc1ccc(CCC(=O)Nc2ccc(O)cc2N)cc1. The number of nitrogen functional groups attached to an aromatic ring is 1. The van der Waals surface area contributed by atoms with Gasteiger partial charge in [-0.3, -0.25) is 4.79 Å². The third-order valence-electron chi connectivity index (χ3n) is 3.11. The van der Waals surface area contributed by atoms with Crippen molar-refractivity contribution in [3.8, 4) is 11.5 Å². The molecule has 2 aromatic carbocycles. The summed E-state index contributed by atoms with van der Waals surface area (Å²) in [6.07, 6.45) is 0.987. The Morgan fingerprint density at radius 2 is 1.95 bits per heavy atom. The monoisotopic (exact) mass is 286 g/mol. The first-order valence-corrected chi connectivity index (χ1v) is 6.60. The molecule has 4 N–H and O–H groups in total. The number of amides is 1. The summed E-state index contributed by atoms with van der Waals surface area (Å²) in [5.74, 6) is 0.743. The van der Waals surface area contributed by atoms with Crippen molar-refractivity contribution in [2.45, 2.75) is 12.8 Å². The van der Waals surface area contributed by atoms with Gasteiger partial charge >= 0.3 is 0 Å². The van der Waals surface area contributed by atoms with Gasteiger partial charge in [0.2, 0.25) is 5.91 Å². The summed E-state index contributed by atoms with van der Waals surface area (Å²) in [7, 11) is 1.62. The van der Waals surface area contributed by atoms with Crippen LogP contribution >= 0.6 is 0 Å². The van der Waals surface area contributed by atoms with Gasteiger partial charge in [0.25, 0.3) is 0 Å². The number of benzene rings is 2. The minimum absolute atomic E-state index is 0.0729. The Hall–Kier alpha value is -2.69. The topological polar surface area (TPSA) is 84.6 Å². The zero-order valence-electron chi connectivity index (χ0n) is 11.8. The van der Waals surface area contributed by atoms with Crippen LogP contribution in [0, 0.1) is 0 Å². The van der Waals surface area contributed by atoms with Crippen LogP contribution in [0.5, 0.6) is 11.5 Å². The summed E-state index contributed by atoms with van der Waals surface area (Å²) >= 11 is 0. The smallest absolute Gasteiger partial charge is 0.224 e. The van der Waals surface area contributed by atoms with Crippen LogP contribution in [0.2, 0.25) is 0 Å². The Morgan fingerprint density at radius 3 is 2.57 bits per heavy atom. The number of hydrogen-bond donors (Lipinski definition) is 3. The molecule has 21 heavy (non-hydrogen) atoms. The molecule has 0 radical (unpaired) electrons. The molecule has 1 amide bonds. The van der Waals surface area contributed by atoms with Gasteiger partial charge < -0.3 is 20.9 Å². The highest BCUT2D eigenvalue weighted by atomic mass is 16.5. The van der Waals surface area contributed by atoms with Crippen LogP contribution < -0.4 is 15.8 Å². The number of carbonyl (C=O) groups excluding carboxylic acids is 1. The quantitative estimate of drug-likeness (QED) is 0.582. The molecule has 0 bridgehead atoms. The third kappa shape index (κ3) is 4.14. The maximum atomic E-state index is 11.9. The standard InChI is InChI=1S/C16H18N2O3/c1-21-13-6-2-11(3-7-13)4-9-16(20)18-15-8-5-12(19)10-14(15)17/h2-3,5-8,10,19H,4,9,17H2,1H3,(H,18,20). The Balaban J connectivity index is 1.89. The lowest BCUT2D eigenvalue weighted by molar-refractivity contribution is -0.116. The van der Waals surface area contributed by atoms with E-state index in [9.17, 15) is 9.90 Å². The van der Waals surface area contributed by atoms with Crippen molar-refractivity contribution in [1.29, 1.82) is 0 Å². The fourth-order valence-corrected chi connectivity index (χ4v) is 1.93. The van der Waals surface area contributed by atoms with Crippen LogP contribution in [0.1, 0.15) is 12.0 Å². The molecule has 0 heterocycles. The lowest BCUT2D eigenvalue weighted by Crippen LogP contribution is -2.13. The van der Waals surface area contributed by atoms with E-state index in [0.717, 1.165) is 11.3 Å². The highest BCUT2D eigenvalue weighted by Crippen LogP contribution is 2.23. The molecule has 0 aromatic heterocycles. The number of methoxy groups -OCH3 is 1. The van der Waals surface area contributed by atoms with Gasteiger partial charge in [0, 0.05) is 12.5 Å². The van der Waals surface area contributed by atoms with E-state index in [1.807, 2.05) is 24.3 Å². The van der Waals surface area contributed by atoms with Crippen LogP contribution in [-0.4, -0.2) is 18.1 Å². The third-order valence-corrected chi connectivity index (χ3v) is 3.11. The Labute approximate surface area is 123 Å². The van der Waals surface area contributed by atoms with Crippen LogP contribution in [0.25, 0.3) is 0 Å². The highest BCUT2D eigenvalue weighted by molar-refractivity contribution is 5.94. The number of nitrogens with one attached hydrogen (secondary N) is 1. The van der Waals surface area contributed by atoms with E-state index in [1.165, 1.54) is 12.1 Å². The Bertz CT molecular complexity index is 624. The van der Waals surface area contributed by atoms with Gasteiger partial charge in [0.15, 0.2) is 0 Å². The largest absolute Gasteiger partial charge is 0.508 e. The summed E-state index contributed by atoms with van der Waals surface area (Å²) in [5, 5.41) is 12.0. The first-order valence-electron chi connectivity index (χ1n) is 6.60. The summed E-state index contributed by atoms with van der Waals surface area (Å²) in [6, 6.07) is 12.1. The summed E-state index contributed by atoms with van der Waals surface area (Å²) in [6.45, 7) is 0. The number of nitrogens with two attached hydrogens (primary N) is 1. The normalized spacial score (nSPS) is 10.1. The predicted molar refractivity (Wildman–Crippen MR) is 82.5 cm³/mol. The Kier molecular flexibility index (Phi) is 4.66. The van der Waals surface area contributed by atoms with E-state index < -0.39 is 0 Å². The van der Waals surface area contributed by atoms with Crippen LogP contribution in [0.15, 0.2) is 42.5 Å². The van der Waals surface area contributed by atoms with Gasteiger partial charge in [0.05, 0.1) is 18.5 Å². The van der Waals surface area contributed by atoms with Gasteiger partial charge in [-0.1, -0.05) is 12.1 Å². The summed E-state index contributed by atoms with van der Waals surface area (Å²) in [5.41, 5.74) is 7.63. The van der Waals surface area contributed by atoms with E-state index in [4.69, 9.17) is 10.5 Å². The highest BCUT2D eigenvalue weighted by Gasteiger charge is 2.06. The summed E-state index contributed by atoms with van der Waals surface area (Å²) in [4.78, 5) is 11.9. The second kappa shape index (κ2) is 6.65. The number of anilines is 2. The fourth-order valence-electron chi connectivity index (χ4n) is 1.93. The van der Waals surface area contributed by atoms with Crippen molar-refractivity contribution in [1.82, 2.24) is 0 Å². The van der Waals surface area contributed by atoms with Gasteiger partial charge in [-0.05, 0) is 36.2 Å². The number of ether oxygens (including phenoxy) is 1. The molecule has 0 aliphatic heterocycles. The molecule has 0 saturated carbocycles. The van der Waals surface area contributed by atoms with Crippen LogP contribution in [0.3, 0.4) is 0 Å². The maximum Gasteiger partial charge on any atom is 0.224 e. The van der Waals surface area contributed by atoms with Crippen LogP contribution in [-0.2, 0) is 11.2 Å². The second-order valence-electron chi connectivity index (χ2n) is 4.67. The predicted octanol–water partition coefficient (Wildman–Crippen LogP) is 2.55. The molecule has 5 heteroatoms. The molecule has 0 spiro atoms. The zero-order valence-corrected chi connectivity index (χ0v) is 11.8. The summed E-state index contributed by atoms with van der Waals surface area (Å²) < 4.78 is 5.08. The van der Waals surface area contributed by atoms with Crippen molar-refractivity contribution in [2.75, 3.05) is 18.2 Å². The lowest BCUT2D eigenvalue weighted by atomic mass is 10.1. The number of phenols is 1. The number of carbonyl (C=O) groups is 1. The van der Waals surface area contributed by atoms with Crippen molar-refractivity contribution in [3.05, 3.63) is 48.0 Å². The van der Waals surface area contributed by atoms with Crippen molar-refractivity contribution in [2.24, 2.45) is 0 Å². The molecule has 2 aromatic rings. The molecule has 0 aliphatic rings. The van der Waals surface area contributed by atoms with Gasteiger partial charge in [0.1, 0.15) is 11.5 Å². The van der Waals surface area contributed by atoms with E-state index >= 15 is 0 Å². The van der Waals surface area contributed by atoms with Gasteiger partial charge in [-0.15, -0.1) is 0 Å². The second-order valence-corrected chi connectivity index (χ2v) is 4.67. The average Bonchev–Trinajstić information content (AvgIpc) is 2.48. The minimum Gasteiger partial charge on any atom is -0.508 e. The number of aromatic hydroxyl groups is 1. The molecule has 0 aliphatic carbocycles. The molecule has 0 saturated heterocycles. The minimum atomic E-state index is -0.122. The van der Waals surface area contributed by atoms with E-state index in [1.54, 1.807) is 13.2 Å². The van der Waals surface area contributed by atoms with Crippen molar-refractivity contribution < 1.29 is 14.6 Å². The molecule has 0 atom stereocenters. The number of aryl methyl sites for hydroxylation is 1. The van der Waals surface area contributed by atoms with Crippen molar-refractivity contribution >= 4 is 17.3 Å². The number of rotatable bonds is 5. The average molecular weight is 286 g/mol. The zero-order chi connectivity index (χ0) is 15.2. The Morgan fingerprint density at radius 1 is 1.24 bits per heavy atom. The van der Waals surface area contributed by atoms with E-state index in [2.05, 4.69) is 5.32 Å². The van der Waals surface area contributed by atoms with Crippen LogP contribution in [0.4, 0.5) is 11.4 Å². The lowest BCUT2D eigenvalue weighted by Gasteiger charge is -2.08. The molecular weight excluding hydrogens is 268 g/mol. The maximum absolute atomic E-state index is 11.9. The van der Waals surface area contributed by atoms with E-state index in [0.29, 0.717) is 24.2 Å². The van der Waals surface area contributed by atoms with Gasteiger partial charge in [-0.25, -0.2) is 0 Å². The van der Waals surface area contributed by atoms with Crippen molar-refractivity contribution in [3.63, 3.8) is 0 Å². The first kappa shape index (κ1) is 14.7. The molecule has 110 valence electrons. The van der Waals surface area contributed by atoms with E-state index in [-0.39, 0.29) is 11.7 Å². The fraction of sp³-hybridized carbons (Fsp3) is 0.188.